The van der Waals surface area contributed by atoms with Gasteiger partial charge in [0, 0.05) is 30.2 Å². The molecule has 0 radical (unpaired) electrons. The number of hydrogen-bond acceptors (Lipinski definition) is 5. The summed E-state index contributed by atoms with van der Waals surface area (Å²) < 4.78 is 44.0. The summed E-state index contributed by atoms with van der Waals surface area (Å²) in [7, 11) is 3.35. The van der Waals surface area contributed by atoms with E-state index in [1.54, 1.807) is 4.90 Å². The number of alkyl halides is 3. The van der Waals surface area contributed by atoms with Gasteiger partial charge in [0.2, 0.25) is 5.91 Å². The highest BCUT2D eigenvalue weighted by atomic mass is 19.4. The molecule has 1 N–H and O–H groups in total. The molecule has 2 amide bonds. The van der Waals surface area contributed by atoms with Gasteiger partial charge in [-0.25, -0.2) is 0 Å². The van der Waals surface area contributed by atoms with Crippen molar-refractivity contribution in [1.82, 2.24) is 15.1 Å². The van der Waals surface area contributed by atoms with Crippen LogP contribution in [0.1, 0.15) is 55.5 Å². The third-order valence-corrected chi connectivity index (χ3v) is 7.08. The van der Waals surface area contributed by atoms with Gasteiger partial charge in [0.05, 0.1) is 18.6 Å². The van der Waals surface area contributed by atoms with Crippen molar-refractivity contribution in [2.24, 2.45) is 5.92 Å². The number of ether oxygens (including phenoxy) is 1. The standard InChI is InChI=1S/C24H32F3N3O4/c1-14(2)29(3)17-8-9-20(18(13-17)23(33)34-4)30-11-10-19(22(30)32)28-21(31)15-6-5-7-16(12-15)24(25,26)27/h5-7,12,14,17-20H,8-11,13H2,1-4H3,(H,28,31)/t17-,18-,19+,20+/m1/s1. The number of halogens is 3. The first-order valence-corrected chi connectivity index (χ1v) is 11.5. The Kier molecular flexibility index (Phi) is 7.90. The molecular weight excluding hydrogens is 451 g/mol. The number of nitrogens with one attached hydrogen (secondary N) is 1. The predicted molar refractivity (Wildman–Crippen MR) is 119 cm³/mol. The molecule has 0 unspecified atom stereocenters. The van der Waals surface area contributed by atoms with Crippen molar-refractivity contribution in [3.05, 3.63) is 35.4 Å². The third kappa shape index (κ3) is 5.54. The highest BCUT2D eigenvalue weighted by Crippen LogP contribution is 2.35. The maximum Gasteiger partial charge on any atom is 0.416 e. The molecule has 2 fully saturated rings. The van der Waals surface area contributed by atoms with Crippen LogP contribution in [0, 0.1) is 5.92 Å². The summed E-state index contributed by atoms with van der Waals surface area (Å²) in [5, 5.41) is 2.57. The molecule has 1 aromatic carbocycles. The number of hydrogen-bond donors (Lipinski definition) is 1. The minimum absolute atomic E-state index is 0.161. The molecule has 0 aromatic heterocycles. The smallest absolute Gasteiger partial charge is 0.416 e. The first-order chi connectivity index (χ1) is 15.9. The summed E-state index contributed by atoms with van der Waals surface area (Å²) in [6.45, 7) is 4.52. The molecule has 2 aliphatic rings. The molecule has 188 valence electrons. The van der Waals surface area contributed by atoms with Crippen molar-refractivity contribution in [2.75, 3.05) is 20.7 Å². The Labute approximate surface area is 197 Å². The number of rotatable bonds is 6. The Morgan fingerprint density at radius 2 is 1.91 bits per heavy atom. The van der Waals surface area contributed by atoms with E-state index in [1.807, 2.05) is 7.05 Å². The number of esters is 1. The van der Waals surface area contributed by atoms with Gasteiger partial charge < -0.3 is 19.9 Å². The van der Waals surface area contributed by atoms with Gasteiger partial charge in [-0.3, -0.25) is 14.4 Å². The van der Waals surface area contributed by atoms with Gasteiger partial charge in [0.1, 0.15) is 6.04 Å². The van der Waals surface area contributed by atoms with E-state index in [2.05, 4.69) is 24.1 Å². The number of nitrogens with zero attached hydrogens (tertiary/aromatic N) is 2. The molecular formula is C24H32F3N3O4. The molecule has 7 nitrogen and oxygen atoms in total. The molecule has 0 spiro atoms. The molecule has 3 rings (SSSR count). The van der Waals surface area contributed by atoms with Crippen molar-refractivity contribution >= 4 is 17.8 Å². The quantitative estimate of drug-likeness (QED) is 0.630. The van der Waals surface area contributed by atoms with Gasteiger partial charge in [-0.05, 0) is 64.8 Å². The van der Waals surface area contributed by atoms with Gasteiger partial charge in [-0.15, -0.1) is 0 Å². The number of benzene rings is 1. The molecule has 10 heteroatoms. The van der Waals surface area contributed by atoms with E-state index < -0.39 is 29.6 Å². The lowest BCUT2D eigenvalue weighted by Gasteiger charge is -2.43. The number of likely N-dealkylation sites (tertiary alicyclic amines) is 1. The summed E-state index contributed by atoms with van der Waals surface area (Å²) in [5.74, 6) is -1.91. The molecule has 0 bridgehead atoms. The minimum atomic E-state index is -4.57. The second-order valence-electron chi connectivity index (χ2n) is 9.35. The Bertz CT molecular complexity index is 921. The van der Waals surface area contributed by atoms with E-state index in [0.29, 0.717) is 31.8 Å². The molecule has 1 heterocycles. The fraction of sp³-hybridized carbons (Fsp3) is 0.625. The van der Waals surface area contributed by atoms with Gasteiger partial charge >= 0.3 is 12.1 Å². The minimum Gasteiger partial charge on any atom is -0.469 e. The van der Waals surface area contributed by atoms with Crippen LogP contribution in [0.25, 0.3) is 0 Å². The average Bonchev–Trinajstić information content (AvgIpc) is 3.16. The fourth-order valence-electron chi connectivity index (χ4n) is 4.95. The van der Waals surface area contributed by atoms with Crippen LogP contribution in [0.5, 0.6) is 0 Å². The SMILES string of the molecule is COC(=O)[C@@H]1C[C@H](N(C)C(C)C)CC[C@@H]1N1CC[C@H](NC(=O)c2cccc(C(F)(F)F)c2)C1=O. The molecule has 1 aliphatic carbocycles. The molecule has 4 atom stereocenters. The Morgan fingerprint density at radius 1 is 1.21 bits per heavy atom. The van der Waals surface area contributed by atoms with Crippen LogP contribution < -0.4 is 5.32 Å². The maximum absolute atomic E-state index is 13.1. The fourth-order valence-corrected chi connectivity index (χ4v) is 4.95. The second kappa shape index (κ2) is 10.3. The number of amides is 2. The maximum atomic E-state index is 13.1. The van der Waals surface area contributed by atoms with E-state index in [4.69, 9.17) is 4.74 Å². The van der Waals surface area contributed by atoms with Gasteiger partial charge in [-0.2, -0.15) is 13.2 Å². The summed E-state index contributed by atoms with van der Waals surface area (Å²) in [4.78, 5) is 42.2. The Balaban J connectivity index is 1.70. The number of methoxy groups -OCH3 is 1. The van der Waals surface area contributed by atoms with Gasteiger partial charge in [0.25, 0.3) is 5.91 Å². The molecule has 1 saturated heterocycles. The van der Waals surface area contributed by atoms with Crippen LogP contribution in [0.15, 0.2) is 24.3 Å². The zero-order valence-electron chi connectivity index (χ0n) is 19.9. The van der Waals surface area contributed by atoms with Gasteiger partial charge in [-0.1, -0.05) is 6.07 Å². The monoisotopic (exact) mass is 483 g/mol. The average molecular weight is 484 g/mol. The van der Waals surface area contributed by atoms with Crippen molar-refractivity contribution in [3.63, 3.8) is 0 Å². The molecule has 34 heavy (non-hydrogen) atoms. The summed E-state index contributed by atoms with van der Waals surface area (Å²) >= 11 is 0. The van der Waals surface area contributed by atoms with Crippen LogP contribution in [0.3, 0.4) is 0 Å². The summed E-state index contributed by atoms with van der Waals surface area (Å²) in [6, 6.07) is 3.41. The lowest BCUT2D eigenvalue weighted by molar-refractivity contribution is -0.152. The van der Waals surface area contributed by atoms with Crippen molar-refractivity contribution < 1.29 is 32.3 Å². The number of carbonyl (C=O) groups excluding carboxylic acids is 3. The lowest BCUT2D eigenvalue weighted by atomic mass is 9.80. The van der Waals surface area contributed by atoms with E-state index in [1.165, 1.54) is 13.2 Å². The van der Waals surface area contributed by atoms with E-state index in [-0.39, 0.29) is 29.5 Å². The van der Waals surface area contributed by atoms with Crippen LogP contribution in [-0.4, -0.2) is 72.5 Å². The van der Waals surface area contributed by atoms with E-state index >= 15 is 0 Å². The Morgan fingerprint density at radius 3 is 2.53 bits per heavy atom. The topological polar surface area (TPSA) is 79.0 Å². The van der Waals surface area contributed by atoms with Crippen molar-refractivity contribution in [3.8, 4) is 0 Å². The molecule has 1 aromatic rings. The Hall–Kier alpha value is -2.62. The van der Waals surface area contributed by atoms with Crippen molar-refractivity contribution in [1.29, 1.82) is 0 Å². The first-order valence-electron chi connectivity index (χ1n) is 11.5. The number of carbonyl (C=O) groups is 3. The van der Waals surface area contributed by atoms with Crippen LogP contribution in [-0.2, 0) is 20.5 Å². The normalized spacial score (nSPS) is 25.7. The third-order valence-electron chi connectivity index (χ3n) is 7.08. The highest BCUT2D eigenvalue weighted by molar-refractivity contribution is 5.98. The summed E-state index contributed by atoms with van der Waals surface area (Å²) in [6.07, 6.45) is -2.23. The molecule has 1 saturated carbocycles. The first kappa shape index (κ1) is 26.0. The largest absolute Gasteiger partial charge is 0.469 e. The zero-order chi connectivity index (χ0) is 25.2. The van der Waals surface area contributed by atoms with Crippen LogP contribution >= 0.6 is 0 Å². The van der Waals surface area contributed by atoms with Gasteiger partial charge in [0.15, 0.2) is 0 Å². The zero-order valence-corrected chi connectivity index (χ0v) is 19.9. The van der Waals surface area contributed by atoms with Crippen molar-refractivity contribution in [2.45, 2.75) is 69.9 Å². The lowest BCUT2D eigenvalue weighted by Crippen LogP contribution is -2.53. The highest BCUT2D eigenvalue weighted by Gasteiger charge is 2.45. The van der Waals surface area contributed by atoms with Crippen LogP contribution in [0.2, 0.25) is 0 Å². The second-order valence-corrected chi connectivity index (χ2v) is 9.35. The van der Waals surface area contributed by atoms with E-state index in [9.17, 15) is 27.6 Å². The summed E-state index contributed by atoms with van der Waals surface area (Å²) in [5.41, 5.74) is -1.09. The van der Waals surface area contributed by atoms with Crippen LogP contribution in [0.4, 0.5) is 13.2 Å². The van der Waals surface area contributed by atoms with E-state index in [0.717, 1.165) is 24.6 Å². The predicted octanol–water partition coefficient (Wildman–Crippen LogP) is 3.09. The molecule has 1 aliphatic heterocycles.